The van der Waals surface area contributed by atoms with Crippen molar-refractivity contribution in [2.24, 2.45) is 11.8 Å². The van der Waals surface area contributed by atoms with E-state index in [0.29, 0.717) is 17.6 Å². The van der Waals surface area contributed by atoms with Crippen molar-refractivity contribution >= 4 is 21.7 Å². The van der Waals surface area contributed by atoms with Gasteiger partial charge < -0.3 is 0 Å². The summed E-state index contributed by atoms with van der Waals surface area (Å²) >= 11 is 3.35. The maximum atomic E-state index is 11.7. The van der Waals surface area contributed by atoms with E-state index >= 15 is 0 Å². The summed E-state index contributed by atoms with van der Waals surface area (Å²) < 4.78 is 0. The van der Waals surface area contributed by atoms with Gasteiger partial charge in [0.2, 0.25) is 0 Å². The van der Waals surface area contributed by atoms with Crippen LogP contribution in [0.3, 0.4) is 0 Å². The Morgan fingerprint density at radius 1 is 1.42 bits per heavy atom. The average Bonchev–Trinajstić information content (AvgIpc) is 2.04. The number of halogens is 1. The highest BCUT2D eigenvalue weighted by molar-refractivity contribution is 9.10. The van der Waals surface area contributed by atoms with Crippen LogP contribution < -0.4 is 0 Å². The first-order valence-electron chi connectivity index (χ1n) is 4.80. The number of hydrogen-bond donors (Lipinski definition) is 0. The van der Waals surface area contributed by atoms with E-state index in [9.17, 15) is 4.79 Å². The van der Waals surface area contributed by atoms with E-state index in [-0.39, 0.29) is 4.83 Å². The molecule has 0 aromatic rings. The van der Waals surface area contributed by atoms with Gasteiger partial charge in [-0.2, -0.15) is 0 Å². The molecule has 0 radical (unpaired) electrons. The molecule has 0 spiro atoms. The molecular formula is C10H17BrO. The topological polar surface area (TPSA) is 17.1 Å². The van der Waals surface area contributed by atoms with Gasteiger partial charge in [0.15, 0.2) is 0 Å². The third-order valence-electron chi connectivity index (χ3n) is 2.87. The van der Waals surface area contributed by atoms with Gasteiger partial charge in [-0.25, -0.2) is 0 Å². The van der Waals surface area contributed by atoms with Gasteiger partial charge in [-0.3, -0.25) is 4.79 Å². The molecule has 0 aliphatic heterocycles. The standard InChI is InChI=1S/C10H17BrO/c1-7-5-3-4-6-9(7)10(12)8(2)11/h7-9H,3-6H2,1-2H3. The Kier molecular flexibility index (Phi) is 3.76. The van der Waals surface area contributed by atoms with Crippen LogP contribution in [0.2, 0.25) is 0 Å². The molecule has 3 atom stereocenters. The van der Waals surface area contributed by atoms with Crippen LogP contribution in [0.5, 0.6) is 0 Å². The van der Waals surface area contributed by atoms with Gasteiger partial charge in [0.1, 0.15) is 5.78 Å². The van der Waals surface area contributed by atoms with Crippen molar-refractivity contribution in [1.29, 1.82) is 0 Å². The summed E-state index contributed by atoms with van der Waals surface area (Å²) in [7, 11) is 0. The molecule has 0 N–H and O–H groups in total. The molecule has 1 rings (SSSR count). The molecule has 0 bridgehead atoms. The Labute approximate surface area is 83.0 Å². The first-order chi connectivity index (χ1) is 5.63. The quantitative estimate of drug-likeness (QED) is 0.669. The number of rotatable bonds is 2. The zero-order valence-electron chi connectivity index (χ0n) is 7.85. The van der Waals surface area contributed by atoms with Crippen LogP contribution >= 0.6 is 15.9 Å². The fourth-order valence-corrected chi connectivity index (χ4v) is 2.37. The number of carbonyl (C=O) groups excluding carboxylic acids is 1. The lowest BCUT2D eigenvalue weighted by Gasteiger charge is -2.28. The molecule has 0 saturated heterocycles. The maximum Gasteiger partial charge on any atom is 0.149 e. The Hall–Kier alpha value is 0.150. The molecule has 0 amide bonds. The lowest BCUT2D eigenvalue weighted by Crippen LogP contribution is -2.29. The number of Topliss-reactive ketones (excluding diaryl/α,β-unsaturated/α-hetero) is 1. The molecule has 1 aliphatic rings. The first-order valence-corrected chi connectivity index (χ1v) is 5.72. The Morgan fingerprint density at radius 3 is 2.50 bits per heavy atom. The summed E-state index contributed by atoms with van der Waals surface area (Å²) in [5, 5.41) is 0. The first kappa shape index (κ1) is 10.2. The van der Waals surface area contributed by atoms with Gasteiger partial charge in [-0.15, -0.1) is 0 Å². The summed E-state index contributed by atoms with van der Waals surface area (Å²) in [4.78, 5) is 11.7. The van der Waals surface area contributed by atoms with Crippen LogP contribution in [-0.2, 0) is 4.79 Å². The molecule has 3 unspecified atom stereocenters. The van der Waals surface area contributed by atoms with Crippen molar-refractivity contribution in [3.05, 3.63) is 0 Å². The minimum Gasteiger partial charge on any atom is -0.298 e. The van der Waals surface area contributed by atoms with Gasteiger partial charge in [0.05, 0.1) is 4.83 Å². The van der Waals surface area contributed by atoms with E-state index in [4.69, 9.17) is 0 Å². The van der Waals surface area contributed by atoms with Crippen LogP contribution in [-0.4, -0.2) is 10.6 Å². The fourth-order valence-electron chi connectivity index (χ4n) is 2.03. The zero-order chi connectivity index (χ0) is 9.14. The van der Waals surface area contributed by atoms with Crippen molar-refractivity contribution < 1.29 is 4.79 Å². The number of alkyl halides is 1. The largest absolute Gasteiger partial charge is 0.298 e. The van der Waals surface area contributed by atoms with Crippen molar-refractivity contribution in [2.75, 3.05) is 0 Å². The monoisotopic (exact) mass is 232 g/mol. The summed E-state index contributed by atoms with van der Waals surface area (Å²) in [5.74, 6) is 1.33. The normalized spacial score (nSPS) is 32.9. The van der Waals surface area contributed by atoms with E-state index in [1.807, 2.05) is 6.92 Å². The lowest BCUT2D eigenvalue weighted by atomic mass is 9.77. The second kappa shape index (κ2) is 4.40. The molecule has 1 nitrogen and oxygen atoms in total. The number of carbonyl (C=O) groups is 1. The second-order valence-electron chi connectivity index (χ2n) is 3.89. The molecule has 1 fully saturated rings. The van der Waals surface area contributed by atoms with Crippen LogP contribution in [0.15, 0.2) is 0 Å². The van der Waals surface area contributed by atoms with E-state index in [1.165, 1.54) is 19.3 Å². The van der Waals surface area contributed by atoms with Gasteiger partial charge in [0, 0.05) is 5.92 Å². The van der Waals surface area contributed by atoms with Crippen LogP contribution in [0.25, 0.3) is 0 Å². The van der Waals surface area contributed by atoms with Crippen molar-refractivity contribution in [3.63, 3.8) is 0 Å². The van der Waals surface area contributed by atoms with Gasteiger partial charge >= 0.3 is 0 Å². The number of ketones is 1. The summed E-state index contributed by atoms with van der Waals surface area (Å²) in [6.45, 7) is 4.14. The smallest absolute Gasteiger partial charge is 0.149 e. The molecule has 1 aliphatic carbocycles. The predicted octanol–water partition coefficient (Wildman–Crippen LogP) is 3.17. The molecule has 0 aromatic carbocycles. The molecule has 0 heterocycles. The van der Waals surface area contributed by atoms with Crippen molar-refractivity contribution in [3.8, 4) is 0 Å². The summed E-state index contributed by atoms with van der Waals surface area (Å²) in [5.41, 5.74) is 0. The summed E-state index contributed by atoms with van der Waals surface area (Å²) in [6.07, 6.45) is 4.88. The van der Waals surface area contributed by atoms with Crippen molar-refractivity contribution in [1.82, 2.24) is 0 Å². The summed E-state index contributed by atoms with van der Waals surface area (Å²) in [6, 6.07) is 0. The fraction of sp³-hybridized carbons (Fsp3) is 0.900. The zero-order valence-corrected chi connectivity index (χ0v) is 9.43. The van der Waals surface area contributed by atoms with E-state index < -0.39 is 0 Å². The highest BCUT2D eigenvalue weighted by atomic mass is 79.9. The second-order valence-corrected chi connectivity index (χ2v) is 5.26. The Bertz CT molecular complexity index is 165. The van der Waals surface area contributed by atoms with Crippen LogP contribution in [0.4, 0.5) is 0 Å². The average molecular weight is 233 g/mol. The predicted molar refractivity (Wildman–Crippen MR) is 54.5 cm³/mol. The van der Waals surface area contributed by atoms with E-state index in [2.05, 4.69) is 22.9 Å². The highest BCUT2D eigenvalue weighted by Gasteiger charge is 2.29. The Morgan fingerprint density at radius 2 is 2.00 bits per heavy atom. The van der Waals surface area contributed by atoms with Crippen LogP contribution in [0.1, 0.15) is 39.5 Å². The maximum absolute atomic E-state index is 11.7. The lowest BCUT2D eigenvalue weighted by molar-refractivity contribution is -0.124. The minimum absolute atomic E-state index is 0.0445. The Balaban J connectivity index is 2.53. The highest BCUT2D eigenvalue weighted by Crippen LogP contribution is 2.31. The third-order valence-corrected chi connectivity index (χ3v) is 3.32. The molecule has 2 heteroatoms. The molecule has 0 aromatic heterocycles. The molecule has 1 saturated carbocycles. The SMILES string of the molecule is CC(Br)C(=O)C1CCCCC1C. The van der Waals surface area contributed by atoms with E-state index in [1.54, 1.807) is 0 Å². The molecule has 12 heavy (non-hydrogen) atoms. The van der Waals surface area contributed by atoms with Crippen LogP contribution in [0, 0.1) is 11.8 Å². The minimum atomic E-state index is 0.0445. The molecular weight excluding hydrogens is 216 g/mol. The van der Waals surface area contributed by atoms with E-state index in [0.717, 1.165) is 6.42 Å². The van der Waals surface area contributed by atoms with Gasteiger partial charge in [-0.1, -0.05) is 42.1 Å². The number of hydrogen-bond acceptors (Lipinski definition) is 1. The third kappa shape index (κ3) is 2.32. The van der Waals surface area contributed by atoms with Gasteiger partial charge in [-0.05, 0) is 19.3 Å². The molecule has 70 valence electrons. The van der Waals surface area contributed by atoms with Crippen molar-refractivity contribution in [2.45, 2.75) is 44.4 Å². The van der Waals surface area contributed by atoms with Gasteiger partial charge in [0.25, 0.3) is 0 Å².